The zero-order valence-corrected chi connectivity index (χ0v) is 22.5. The maximum absolute atomic E-state index is 6.30. The van der Waals surface area contributed by atoms with Gasteiger partial charge in [0, 0.05) is 22.3 Å². The molecule has 0 N–H and O–H groups in total. The van der Waals surface area contributed by atoms with Gasteiger partial charge in [-0.15, -0.1) is 0 Å². The first kappa shape index (κ1) is 24.1. The first-order chi connectivity index (χ1) is 13.9. The van der Waals surface area contributed by atoms with Crippen molar-refractivity contribution >= 4 is 9.03 Å². The monoisotopic (exact) mass is 439 g/mol. The van der Waals surface area contributed by atoms with Gasteiger partial charge in [-0.25, -0.2) is 0 Å². The lowest BCUT2D eigenvalue weighted by Crippen LogP contribution is -2.18. The highest BCUT2D eigenvalue weighted by molar-refractivity contribution is 7.27. The van der Waals surface area contributed by atoms with E-state index in [1.165, 1.54) is 22.3 Å². The molecule has 2 aromatic carbocycles. The molecule has 1 aliphatic heterocycles. The molecular formula is C28H40O2P. The Balaban J connectivity index is 2.49. The Morgan fingerprint density at radius 3 is 1.06 bits per heavy atom. The minimum absolute atomic E-state index is 0.0363. The summed E-state index contributed by atoms with van der Waals surface area (Å²) in [6.45, 7) is 27.2. The van der Waals surface area contributed by atoms with Crippen LogP contribution < -0.4 is 9.05 Å². The predicted molar refractivity (Wildman–Crippen MR) is 135 cm³/mol. The summed E-state index contributed by atoms with van der Waals surface area (Å²) in [5.41, 5.74) is 7.39. The van der Waals surface area contributed by atoms with Crippen LogP contribution in [0.2, 0.25) is 0 Å². The van der Waals surface area contributed by atoms with Crippen molar-refractivity contribution in [3.63, 3.8) is 0 Å². The third-order valence-corrected chi connectivity index (χ3v) is 6.59. The van der Waals surface area contributed by atoms with Crippen molar-refractivity contribution < 1.29 is 9.05 Å². The summed E-state index contributed by atoms with van der Waals surface area (Å²) in [6, 6.07) is 9.31. The number of benzene rings is 2. The fraction of sp³-hybridized carbons (Fsp3) is 0.571. The fourth-order valence-electron chi connectivity index (χ4n) is 3.93. The minimum atomic E-state index is -0.0418. The second kappa shape index (κ2) is 7.51. The molecule has 1 aliphatic rings. The Bertz CT molecular complexity index is 909. The molecule has 0 bridgehead atoms. The first-order valence-electron chi connectivity index (χ1n) is 11.3. The van der Waals surface area contributed by atoms with Crippen LogP contribution in [-0.2, 0) is 21.7 Å². The Hall–Kier alpha value is -1.53. The zero-order chi connectivity index (χ0) is 23.6. The van der Waals surface area contributed by atoms with Crippen LogP contribution in [0.3, 0.4) is 0 Å². The summed E-state index contributed by atoms with van der Waals surface area (Å²) in [4.78, 5) is 0. The van der Waals surface area contributed by atoms with Gasteiger partial charge in [0.1, 0.15) is 11.5 Å². The lowest BCUT2D eigenvalue weighted by atomic mass is 9.75. The van der Waals surface area contributed by atoms with Gasteiger partial charge in [-0.05, 0) is 44.9 Å². The molecule has 1 heterocycles. The van der Waals surface area contributed by atoms with Crippen LogP contribution in [0, 0.1) is 0 Å². The van der Waals surface area contributed by atoms with E-state index in [9.17, 15) is 0 Å². The van der Waals surface area contributed by atoms with Gasteiger partial charge in [-0.1, -0.05) is 95.2 Å². The molecule has 0 spiro atoms. The molecule has 3 heteroatoms. The summed E-state index contributed by atoms with van der Waals surface area (Å²) in [5, 5.41) is 0. The molecule has 3 rings (SSSR count). The molecule has 0 fully saturated rings. The molecule has 0 unspecified atom stereocenters. The average Bonchev–Trinajstić information content (AvgIpc) is 2.76. The van der Waals surface area contributed by atoms with Crippen LogP contribution >= 0.6 is 9.03 Å². The average molecular weight is 440 g/mol. The van der Waals surface area contributed by atoms with Crippen LogP contribution in [0.1, 0.15) is 105 Å². The maximum Gasteiger partial charge on any atom is 0.405 e. The fourth-order valence-corrected chi connectivity index (χ4v) is 4.51. The smallest absolute Gasteiger partial charge is 0.405 e. The summed E-state index contributed by atoms with van der Waals surface area (Å²) in [6.07, 6.45) is 0. The van der Waals surface area contributed by atoms with Gasteiger partial charge in [-0.2, -0.15) is 0 Å². The number of fused-ring (bicyclic) bond motifs is 3. The molecule has 0 saturated carbocycles. The number of hydrogen-bond acceptors (Lipinski definition) is 2. The Kier molecular flexibility index (Phi) is 5.85. The van der Waals surface area contributed by atoms with Gasteiger partial charge < -0.3 is 9.05 Å². The van der Waals surface area contributed by atoms with E-state index in [1.807, 2.05) is 0 Å². The van der Waals surface area contributed by atoms with Gasteiger partial charge in [0.05, 0.1) is 0 Å². The lowest BCUT2D eigenvalue weighted by Gasteiger charge is -2.30. The second-order valence-corrected chi connectivity index (χ2v) is 13.6. The summed E-state index contributed by atoms with van der Waals surface area (Å²) in [7, 11) is 0.517. The SMILES string of the molecule is CC(C)(C)c1cc2c(c(C(C)(C)C)c1)O[P]Oc1c-2cc(C(C)(C)C)cc1C(C)(C)C. The highest BCUT2D eigenvalue weighted by atomic mass is 31.1. The van der Waals surface area contributed by atoms with Crippen LogP contribution in [0.5, 0.6) is 11.5 Å². The highest BCUT2D eigenvalue weighted by Gasteiger charge is 2.33. The van der Waals surface area contributed by atoms with Gasteiger partial charge >= 0.3 is 9.03 Å². The molecule has 2 aromatic rings. The molecule has 0 aliphatic carbocycles. The predicted octanol–water partition coefficient (Wildman–Crippen LogP) is 9.09. The largest absolute Gasteiger partial charge is 0.430 e. The van der Waals surface area contributed by atoms with E-state index >= 15 is 0 Å². The van der Waals surface area contributed by atoms with Crippen molar-refractivity contribution in [1.82, 2.24) is 0 Å². The van der Waals surface area contributed by atoms with Gasteiger partial charge in [0.2, 0.25) is 0 Å². The first-order valence-corrected chi connectivity index (χ1v) is 12.1. The molecule has 0 saturated heterocycles. The van der Waals surface area contributed by atoms with E-state index in [0.29, 0.717) is 9.03 Å². The Labute approximate surface area is 192 Å². The topological polar surface area (TPSA) is 18.5 Å². The lowest BCUT2D eigenvalue weighted by molar-refractivity contribution is 0.485. The van der Waals surface area contributed by atoms with Crippen LogP contribution in [0.25, 0.3) is 11.1 Å². The molecule has 2 nitrogen and oxygen atoms in total. The molecule has 0 aromatic heterocycles. The molecule has 0 atom stereocenters. The second-order valence-electron chi connectivity index (χ2n) is 13.1. The number of rotatable bonds is 0. The third kappa shape index (κ3) is 4.80. The van der Waals surface area contributed by atoms with Crippen molar-refractivity contribution in [3.05, 3.63) is 46.5 Å². The van der Waals surface area contributed by atoms with Crippen molar-refractivity contribution in [1.29, 1.82) is 0 Å². The van der Waals surface area contributed by atoms with Gasteiger partial charge in [0.15, 0.2) is 0 Å². The normalized spacial score (nSPS) is 14.8. The van der Waals surface area contributed by atoms with E-state index in [4.69, 9.17) is 9.05 Å². The van der Waals surface area contributed by atoms with Crippen molar-refractivity contribution in [2.24, 2.45) is 0 Å². The Morgan fingerprint density at radius 2 is 0.806 bits per heavy atom. The summed E-state index contributed by atoms with van der Waals surface area (Å²) < 4.78 is 12.6. The minimum Gasteiger partial charge on any atom is -0.430 e. The molecule has 31 heavy (non-hydrogen) atoms. The highest BCUT2D eigenvalue weighted by Crippen LogP contribution is 2.53. The van der Waals surface area contributed by atoms with Gasteiger partial charge in [0.25, 0.3) is 0 Å². The van der Waals surface area contributed by atoms with E-state index in [-0.39, 0.29) is 21.7 Å². The van der Waals surface area contributed by atoms with Crippen molar-refractivity contribution in [2.75, 3.05) is 0 Å². The zero-order valence-electron chi connectivity index (χ0n) is 21.6. The third-order valence-electron chi connectivity index (χ3n) is 6.07. The summed E-state index contributed by atoms with van der Waals surface area (Å²) in [5.74, 6) is 1.90. The van der Waals surface area contributed by atoms with Crippen LogP contribution in [-0.4, -0.2) is 0 Å². The molecule has 1 radical (unpaired) electrons. The van der Waals surface area contributed by atoms with E-state index in [0.717, 1.165) is 22.6 Å². The Morgan fingerprint density at radius 1 is 0.484 bits per heavy atom. The maximum atomic E-state index is 6.30. The standard InChI is InChI=1S/C28H40O2P/c1-25(2,3)17-13-19-20-14-18(26(4,5)6)16-22(28(10,11)12)24(20)30-31-29-23(19)21(15-17)27(7,8)9/h13-16H,1-12H3. The molecule has 169 valence electrons. The van der Waals surface area contributed by atoms with E-state index < -0.39 is 0 Å². The van der Waals surface area contributed by atoms with Crippen molar-refractivity contribution in [2.45, 2.75) is 105 Å². The van der Waals surface area contributed by atoms with Crippen LogP contribution in [0.4, 0.5) is 0 Å². The quantitative estimate of drug-likeness (QED) is 0.381. The van der Waals surface area contributed by atoms with Crippen molar-refractivity contribution in [3.8, 4) is 22.6 Å². The number of hydrogen-bond donors (Lipinski definition) is 0. The van der Waals surface area contributed by atoms with Crippen LogP contribution in [0.15, 0.2) is 24.3 Å². The molecule has 0 amide bonds. The van der Waals surface area contributed by atoms with Gasteiger partial charge in [-0.3, -0.25) is 0 Å². The van der Waals surface area contributed by atoms with E-state index in [2.05, 4.69) is 107 Å². The summed E-state index contributed by atoms with van der Waals surface area (Å²) >= 11 is 0. The van der Waals surface area contributed by atoms with E-state index in [1.54, 1.807) is 0 Å². The molecular weight excluding hydrogens is 399 g/mol.